The van der Waals surface area contributed by atoms with Gasteiger partial charge in [0.1, 0.15) is 4.21 Å². The van der Waals surface area contributed by atoms with Gasteiger partial charge < -0.3 is 4.74 Å². The number of benzene rings is 1. The quantitative estimate of drug-likeness (QED) is 0.729. The second-order valence-corrected chi connectivity index (χ2v) is 8.27. The van der Waals surface area contributed by atoms with Gasteiger partial charge in [-0.15, -0.1) is 11.3 Å². The first kappa shape index (κ1) is 16.7. The fourth-order valence-electron chi connectivity index (χ4n) is 1.95. The molecular formula is C15H12ClN3O3S2. The number of sulfonamides is 1. The molecule has 0 spiro atoms. The summed E-state index contributed by atoms with van der Waals surface area (Å²) >= 11 is 6.74. The van der Waals surface area contributed by atoms with E-state index in [1.807, 2.05) is 30.3 Å². The van der Waals surface area contributed by atoms with Crippen LogP contribution >= 0.6 is 22.9 Å². The lowest BCUT2D eigenvalue weighted by Crippen LogP contribution is -2.14. The van der Waals surface area contributed by atoms with E-state index in [1.54, 1.807) is 0 Å². The number of nitrogens with one attached hydrogen (secondary N) is 1. The first-order valence-electron chi connectivity index (χ1n) is 6.74. The first-order valence-corrected chi connectivity index (χ1v) is 9.42. The van der Waals surface area contributed by atoms with Gasteiger partial charge in [-0.25, -0.2) is 18.4 Å². The zero-order valence-corrected chi connectivity index (χ0v) is 14.8. The van der Waals surface area contributed by atoms with Crippen molar-refractivity contribution in [1.82, 2.24) is 9.97 Å². The normalized spacial score (nSPS) is 11.2. The fraction of sp³-hybridized carbons (Fsp3) is 0.0667. The molecule has 3 aromatic rings. The number of nitrogens with zero attached hydrogens (tertiary/aromatic N) is 2. The molecule has 0 fully saturated rings. The third-order valence-electron chi connectivity index (χ3n) is 3.05. The summed E-state index contributed by atoms with van der Waals surface area (Å²) in [5.74, 6) is 0.101. The van der Waals surface area contributed by atoms with Crippen molar-refractivity contribution in [3.63, 3.8) is 0 Å². The minimum atomic E-state index is -3.80. The van der Waals surface area contributed by atoms with Gasteiger partial charge in [0.2, 0.25) is 5.82 Å². The van der Waals surface area contributed by atoms with Crippen LogP contribution in [0.3, 0.4) is 0 Å². The maximum atomic E-state index is 12.4. The summed E-state index contributed by atoms with van der Waals surface area (Å²) in [5.41, 5.74) is 1.43. The molecule has 1 aromatic carbocycles. The van der Waals surface area contributed by atoms with Crippen molar-refractivity contribution >= 4 is 38.8 Å². The van der Waals surface area contributed by atoms with E-state index in [0.717, 1.165) is 16.9 Å². The Labute approximate surface area is 148 Å². The number of methoxy groups -OCH3 is 1. The van der Waals surface area contributed by atoms with E-state index in [4.69, 9.17) is 16.3 Å². The van der Waals surface area contributed by atoms with Gasteiger partial charge in [0, 0.05) is 5.56 Å². The zero-order valence-electron chi connectivity index (χ0n) is 12.4. The van der Waals surface area contributed by atoms with Gasteiger partial charge in [-0.2, -0.15) is 0 Å². The Morgan fingerprint density at radius 3 is 2.54 bits per heavy atom. The smallest absolute Gasteiger partial charge is 0.272 e. The Morgan fingerprint density at radius 2 is 1.92 bits per heavy atom. The first-order chi connectivity index (χ1) is 11.5. The summed E-state index contributed by atoms with van der Waals surface area (Å²) in [7, 11) is -2.40. The van der Waals surface area contributed by atoms with Crippen LogP contribution in [-0.4, -0.2) is 25.5 Å². The van der Waals surface area contributed by atoms with Gasteiger partial charge in [-0.3, -0.25) is 4.72 Å². The van der Waals surface area contributed by atoms with E-state index in [0.29, 0.717) is 10.0 Å². The van der Waals surface area contributed by atoms with Crippen LogP contribution in [0.25, 0.3) is 11.3 Å². The van der Waals surface area contributed by atoms with Crippen molar-refractivity contribution in [3.05, 3.63) is 53.0 Å². The Morgan fingerprint density at radius 1 is 1.17 bits per heavy atom. The number of rotatable bonds is 5. The van der Waals surface area contributed by atoms with Gasteiger partial charge in [0.05, 0.1) is 23.3 Å². The van der Waals surface area contributed by atoms with E-state index in [2.05, 4.69) is 14.7 Å². The van der Waals surface area contributed by atoms with Crippen LogP contribution in [0.2, 0.25) is 4.34 Å². The van der Waals surface area contributed by atoms with Gasteiger partial charge in [-0.05, 0) is 12.1 Å². The van der Waals surface area contributed by atoms with Crippen molar-refractivity contribution in [2.24, 2.45) is 0 Å². The van der Waals surface area contributed by atoms with Crippen LogP contribution in [0.15, 0.2) is 52.9 Å². The Bertz CT molecular complexity index is 959. The average molecular weight is 382 g/mol. The number of hydrogen-bond acceptors (Lipinski definition) is 6. The molecule has 3 rings (SSSR count). The second kappa shape index (κ2) is 6.76. The number of halogens is 1. The van der Waals surface area contributed by atoms with E-state index in [-0.39, 0.29) is 15.9 Å². The number of hydrogen-bond donors (Lipinski definition) is 1. The van der Waals surface area contributed by atoms with E-state index in [1.165, 1.54) is 25.4 Å². The van der Waals surface area contributed by atoms with Gasteiger partial charge in [-0.1, -0.05) is 41.9 Å². The molecule has 0 aliphatic carbocycles. The molecule has 0 atom stereocenters. The molecule has 1 N–H and O–H groups in total. The maximum absolute atomic E-state index is 12.4. The van der Waals surface area contributed by atoms with Crippen LogP contribution in [0.5, 0.6) is 5.88 Å². The molecule has 0 unspecified atom stereocenters. The maximum Gasteiger partial charge on any atom is 0.272 e. The van der Waals surface area contributed by atoms with Crippen molar-refractivity contribution in [2.75, 3.05) is 11.8 Å². The highest BCUT2D eigenvalue weighted by Crippen LogP contribution is 2.30. The molecule has 0 saturated heterocycles. The minimum Gasteiger partial charge on any atom is -0.478 e. The molecule has 24 heavy (non-hydrogen) atoms. The van der Waals surface area contributed by atoms with Crippen molar-refractivity contribution in [3.8, 4) is 17.1 Å². The molecule has 0 aliphatic rings. The van der Waals surface area contributed by atoms with E-state index in [9.17, 15) is 8.42 Å². The van der Waals surface area contributed by atoms with Crippen molar-refractivity contribution in [2.45, 2.75) is 4.21 Å². The Kier molecular flexibility index (Phi) is 4.70. The number of anilines is 1. The van der Waals surface area contributed by atoms with Gasteiger partial charge >= 0.3 is 0 Å². The number of aromatic nitrogens is 2. The summed E-state index contributed by atoms with van der Waals surface area (Å²) < 4.78 is 32.7. The van der Waals surface area contributed by atoms with E-state index >= 15 is 0 Å². The summed E-state index contributed by atoms with van der Waals surface area (Å²) in [6.45, 7) is 0. The lowest BCUT2D eigenvalue weighted by Gasteiger charge is -2.10. The van der Waals surface area contributed by atoms with E-state index < -0.39 is 10.0 Å². The van der Waals surface area contributed by atoms with Crippen molar-refractivity contribution < 1.29 is 13.2 Å². The molecule has 0 saturated carbocycles. The number of thiophene rings is 1. The largest absolute Gasteiger partial charge is 0.478 e. The summed E-state index contributed by atoms with van der Waals surface area (Å²) in [4.78, 5) is 8.45. The topological polar surface area (TPSA) is 81.2 Å². The zero-order chi connectivity index (χ0) is 17.2. The molecule has 0 amide bonds. The highest BCUT2D eigenvalue weighted by molar-refractivity contribution is 7.94. The second-order valence-electron chi connectivity index (χ2n) is 4.64. The average Bonchev–Trinajstić information content (AvgIpc) is 3.03. The molecule has 124 valence electrons. The Hall–Kier alpha value is -2.16. The van der Waals surface area contributed by atoms with Crippen LogP contribution in [0.1, 0.15) is 0 Å². The summed E-state index contributed by atoms with van der Waals surface area (Å²) in [6, 6.07) is 12.3. The third-order valence-corrected chi connectivity index (χ3v) is 6.11. The lowest BCUT2D eigenvalue weighted by atomic mass is 10.2. The molecule has 0 radical (unpaired) electrons. The molecule has 9 heteroatoms. The SMILES string of the molecule is COc1nc(-c2ccccc2)cnc1NS(=O)(=O)c1ccc(Cl)s1. The predicted molar refractivity (Wildman–Crippen MR) is 94.2 cm³/mol. The molecule has 6 nitrogen and oxygen atoms in total. The Balaban J connectivity index is 1.94. The fourth-order valence-corrected chi connectivity index (χ4v) is 4.44. The molecule has 0 bridgehead atoms. The van der Waals surface area contributed by atoms with Gasteiger partial charge in [0.15, 0.2) is 0 Å². The van der Waals surface area contributed by atoms with Crippen LogP contribution in [-0.2, 0) is 10.0 Å². The third kappa shape index (κ3) is 3.50. The molecule has 2 heterocycles. The summed E-state index contributed by atoms with van der Waals surface area (Å²) in [5, 5.41) is 0. The predicted octanol–water partition coefficient (Wildman–Crippen LogP) is 3.67. The van der Waals surface area contributed by atoms with Gasteiger partial charge in [0.25, 0.3) is 15.9 Å². The standard InChI is InChI=1S/C15H12ClN3O3S2/c1-22-15-14(19-24(20,21)13-8-7-12(16)23-13)17-9-11(18-15)10-5-3-2-4-6-10/h2-9H,1H3,(H,17,19). The van der Waals surface area contributed by atoms with Crippen LogP contribution < -0.4 is 9.46 Å². The monoisotopic (exact) mass is 381 g/mol. The minimum absolute atomic E-state index is 0.0155. The van der Waals surface area contributed by atoms with Crippen molar-refractivity contribution in [1.29, 1.82) is 0 Å². The highest BCUT2D eigenvalue weighted by atomic mass is 35.5. The number of ether oxygens (including phenoxy) is 1. The molecule has 2 aromatic heterocycles. The lowest BCUT2D eigenvalue weighted by molar-refractivity contribution is 0.399. The molecular weight excluding hydrogens is 370 g/mol. The molecule has 0 aliphatic heterocycles. The van der Waals surface area contributed by atoms with Crippen LogP contribution in [0.4, 0.5) is 5.82 Å². The highest BCUT2D eigenvalue weighted by Gasteiger charge is 2.20. The summed E-state index contributed by atoms with van der Waals surface area (Å²) in [6.07, 6.45) is 1.48. The van der Waals surface area contributed by atoms with Crippen LogP contribution in [0, 0.1) is 0 Å².